The van der Waals surface area contributed by atoms with E-state index in [9.17, 15) is 23.5 Å². The van der Waals surface area contributed by atoms with Gasteiger partial charge in [0.1, 0.15) is 0 Å². The molecular formula is C24H23F2N7O3. The second-order valence-electron chi connectivity index (χ2n) is 8.95. The number of nitrogens with zero attached hydrogens (tertiary/aromatic N) is 6. The van der Waals surface area contributed by atoms with Crippen LogP contribution in [0, 0.1) is 13.8 Å². The number of fused-ring (bicyclic) bond motifs is 1. The van der Waals surface area contributed by atoms with Crippen molar-refractivity contribution < 1.29 is 18.7 Å². The molecule has 3 N–H and O–H groups in total. The highest BCUT2D eigenvalue weighted by Gasteiger charge is 2.47. The predicted octanol–water partition coefficient (Wildman–Crippen LogP) is 3.21. The van der Waals surface area contributed by atoms with Crippen molar-refractivity contribution in [3.05, 3.63) is 64.3 Å². The second-order valence-corrected chi connectivity index (χ2v) is 8.95. The number of aromatic nitrogens is 5. The van der Waals surface area contributed by atoms with E-state index in [1.54, 1.807) is 0 Å². The van der Waals surface area contributed by atoms with E-state index in [0.717, 1.165) is 26.0 Å². The van der Waals surface area contributed by atoms with Gasteiger partial charge in [-0.25, -0.2) is 32.4 Å². The van der Waals surface area contributed by atoms with Gasteiger partial charge in [-0.3, -0.25) is 9.88 Å². The van der Waals surface area contributed by atoms with Gasteiger partial charge in [-0.2, -0.15) is 0 Å². The lowest BCUT2D eigenvalue weighted by molar-refractivity contribution is 0.0125. The lowest BCUT2D eigenvalue weighted by Gasteiger charge is -2.19. The fourth-order valence-electron chi connectivity index (χ4n) is 4.76. The summed E-state index contributed by atoms with van der Waals surface area (Å²) in [6, 6.07) is 11.8. The van der Waals surface area contributed by atoms with Crippen molar-refractivity contribution in [3.8, 4) is 22.4 Å². The minimum Gasteiger partial charge on any atom is -0.465 e. The van der Waals surface area contributed by atoms with Crippen LogP contribution in [0.15, 0.2) is 47.3 Å². The summed E-state index contributed by atoms with van der Waals surface area (Å²) in [5.41, 5.74) is 9.62. The van der Waals surface area contributed by atoms with Crippen molar-refractivity contribution in [2.24, 2.45) is 0 Å². The summed E-state index contributed by atoms with van der Waals surface area (Å²) < 4.78 is 30.1. The molecule has 1 aliphatic heterocycles. The van der Waals surface area contributed by atoms with E-state index in [4.69, 9.17) is 5.73 Å². The Morgan fingerprint density at radius 1 is 1.14 bits per heavy atom. The number of rotatable bonds is 4. The van der Waals surface area contributed by atoms with Gasteiger partial charge in [-0.1, -0.05) is 30.3 Å². The summed E-state index contributed by atoms with van der Waals surface area (Å²) >= 11 is 0. The zero-order chi connectivity index (χ0) is 25.8. The number of halogens is 2. The average Bonchev–Trinajstić information content (AvgIpc) is 3.29. The van der Waals surface area contributed by atoms with Gasteiger partial charge >= 0.3 is 11.8 Å². The van der Waals surface area contributed by atoms with Gasteiger partial charge < -0.3 is 10.8 Å². The smallest absolute Gasteiger partial charge is 0.407 e. The van der Waals surface area contributed by atoms with E-state index >= 15 is 0 Å². The van der Waals surface area contributed by atoms with E-state index in [1.165, 1.54) is 0 Å². The Morgan fingerprint density at radius 3 is 2.44 bits per heavy atom. The third-order valence-electron chi connectivity index (χ3n) is 6.18. The Labute approximate surface area is 203 Å². The van der Waals surface area contributed by atoms with Crippen LogP contribution in [0.25, 0.3) is 28.0 Å². The number of nitrogens with two attached hydrogens (primary N) is 1. The molecule has 1 atom stereocenters. The van der Waals surface area contributed by atoms with Gasteiger partial charge in [-0.05, 0) is 31.5 Å². The highest BCUT2D eigenvalue weighted by Crippen LogP contribution is 2.36. The molecule has 4 aromatic rings. The number of nitrogen functional groups attached to an aromatic ring is 1. The molecule has 0 aliphatic carbocycles. The fourth-order valence-corrected chi connectivity index (χ4v) is 4.76. The molecule has 186 valence electrons. The molecule has 5 rings (SSSR count). The molecule has 1 fully saturated rings. The van der Waals surface area contributed by atoms with Gasteiger partial charge in [0.2, 0.25) is 5.95 Å². The van der Waals surface area contributed by atoms with Gasteiger partial charge in [0.05, 0.1) is 30.4 Å². The number of carboxylic acid groups (broad SMARTS) is 1. The Hall–Kier alpha value is -4.35. The number of aryl methyl sites for hydroxylation is 2. The Morgan fingerprint density at radius 2 is 1.81 bits per heavy atom. The highest BCUT2D eigenvalue weighted by molar-refractivity contribution is 5.90. The zero-order valence-electron chi connectivity index (χ0n) is 19.5. The van der Waals surface area contributed by atoms with E-state index in [-0.39, 0.29) is 18.1 Å². The number of hydrogen-bond donors (Lipinski definition) is 2. The summed E-state index contributed by atoms with van der Waals surface area (Å²) in [5, 5.41) is 13.9. The van der Waals surface area contributed by atoms with Crippen LogP contribution in [0.4, 0.5) is 19.5 Å². The molecule has 4 heterocycles. The maximum absolute atomic E-state index is 14.0. The van der Waals surface area contributed by atoms with E-state index in [0.29, 0.717) is 21.7 Å². The predicted molar refractivity (Wildman–Crippen MR) is 128 cm³/mol. The van der Waals surface area contributed by atoms with Crippen LogP contribution in [0.2, 0.25) is 0 Å². The molecule has 1 unspecified atom stereocenters. The fraction of sp³-hybridized carbons (Fsp3) is 0.292. The summed E-state index contributed by atoms with van der Waals surface area (Å²) in [6.45, 7) is 2.40. The van der Waals surface area contributed by atoms with Crippen LogP contribution in [0.1, 0.15) is 17.8 Å². The van der Waals surface area contributed by atoms with Crippen molar-refractivity contribution in [2.45, 2.75) is 38.8 Å². The van der Waals surface area contributed by atoms with Crippen LogP contribution in [-0.4, -0.2) is 58.8 Å². The SMILES string of the molecule is Cc1cc(-c2c(-c3ccccc3)nc(N)n3c(=O)n(CC4CC(F)(F)CN4C(=O)O)nc23)cc(C)n1. The van der Waals surface area contributed by atoms with Gasteiger partial charge in [0.15, 0.2) is 5.65 Å². The van der Waals surface area contributed by atoms with E-state index in [1.807, 2.05) is 56.3 Å². The van der Waals surface area contributed by atoms with Crippen molar-refractivity contribution >= 4 is 17.7 Å². The molecule has 10 nitrogen and oxygen atoms in total. The summed E-state index contributed by atoms with van der Waals surface area (Å²) in [7, 11) is 0. The van der Waals surface area contributed by atoms with Crippen LogP contribution < -0.4 is 11.4 Å². The van der Waals surface area contributed by atoms with Gasteiger partial charge in [0, 0.05) is 23.4 Å². The van der Waals surface area contributed by atoms with E-state index in [2.05, 4.69) is 15.1 Å². The summed E-state index contributed by atoms with van der Waals surface area (Å²) in [4.78, 5) is 34.4. The summed E-state index contributed by atoms with van der Waals surface area (Å²) in [5.74, 6) is -3.32. The molecule has 1 amide bonds. The van der Waals surface area contributed by atoms with Crippen molar-refractivity contribution in [3.63, 3.8) is 0 Å². The normalized spacial score (nSPS) is 17.1. The number of anilines is 1. The van der Waals surface area contributed by atoms with Crippen LogP contribution in [0.3, 0.4) is 0 Å². The number of likely N-dealkylation sites (tertiary alicyclic amines) is 1. The first-order chi connectivity index (χ1) is 17.0. The molecule has 0 saturated carbocycles. The van der Waals surface area contributed by atoms with Crippen molar-refractivity contribution in [1.29, 1.82) is 0 Å². The first kappa shape index (κ1) is 23.4. The van der Waals surface area contributed by atoms with Crippen LogP contribution in [-0.2, 0) is 6.54 Å². The molecule has 0 spiro atoms. The molecule has 0 bridgehead atoms. The number of amides is 1. The molecule has 0 radical (unpaired) electrons. The molecule has 1 aromatic carbocycles. The molecule has 12 heteroatoms. The average molecular weight is 495 g/mol. The third kappa shape index (κ3) is 4.04. The Kier molecular flexibility index (Phi) is 5.46. The largest absolute Gasteiger partial charge is 0.465 e. The van der Waals surface area contributed by atoms with Crippen molar-refractivity contribution in [1.82, 2.24) is 29.0 Å². The first-order valence-electron chi connectivity index (χ1n) is 11.2. The number of benzene rings is 1. The number of hydrogen-bond acceptors (Lipinski definition) is 6. The van der Waals surface area contributed by atoms with Crippen LogP contribution in [0.5, 0.6) is 0 Å². The number of carbonyl (C=O) groups is 1. The minimum absolute atomic E-state index is 0.127. The first-order valence-corrected chi connectivity index (χ1v) is 11.2. The molecule has 36 heavy (non-hydrogen) atoms. The lowest BCUT2D eigenvalue weighted by Crippen LogP contribution is -2.39. The molecule has 1 saturated heterocycles. The van der Waals surface area contributed by atoms with Gasteiger partial charge in [0.25, 0.3) is 5.92 Å². The Balaban J connectivity index is 1.74. The molecule has 1 aliphatic rings. The maximum Gasteiger partial charge on any atom is 0.407 e. The topological polar surface area (TPSA) is 132 Å². The highest BCUT2D eigenvalue weighted by atomic mass is 19.3. The third-order valence-corrected chi connectivity index (χ3v) is 6.18. The maximum atomic E-state index is 14.0. The summed E-state index contributed by atoms with van der Waals surface area (Å²) in [6.07, 6.45) is -2.19. The van der Waals surface area contributed by atoms with E-state index < -0.39 is 36.7 Å². The monoisotopic (exact) mass is 495 g/mol. The Bertz CT molecular complexity index is 1530. The number of pyridine rings is 1. The van der Waals surface area contributed by atoms with Crippen LogP contribution >= 0.6 is 0 Å². The lowest BCUT2D eigenvalue weighted by atomic mass is 9.99. The quantitative estimate of drug-likeness (QED) is 0.444. The van der Waals surface area contributed by atoms with Crippen molar-refractivity contribution in [2.75, 3.05) is 12.3 Å². The minimum atomic E-state index is -3.19. The standard InChI is InChI=1S/C24H23F2N7O3/c1-13-8-16(9-14(2)28-13)18-19(15-6-4-3-5-7-15)29-21(27)33-20(18)30-32(22(33)34)11-17-10-24(25,26)12-31(17)23(35)36/h3-9,17H,10-12H2,1-2H3,(H2,27,29)(H,35,36). The van der Waals surface area contributed by atoms with Gasteiger partial charge in [-0.15, -0.1) is 5.10 Å². The molecular weight excluding hydrogens is 472 g/mol. The zero-order valence-corrected chi connectivity index (χ0v) is 19.5. The number of alkyl halides is 2. The molecule has 3 aromatic heterocycles. The second kappa shape index (κ2) is 8.40.